The van der Waals surface area contributed by atoms with E-state index in [1.54, 1.807) is 0 Å². The van der Waals surface area contributed by atoms with Crippen molar-refractivity contribution in [1.29, 1.82) is 0 Å². The molecule has 0 aromatic carbocycles. The van der Waals surface area contributed by atoms with Crippen molar-refractivity contribution in [2.45, 2.75) is 51.7 Å². The van der Waals surface area contributed by atoms with Crippen molar-refractivity contribution < 1.29 is 4.74 Å². The Morgan fingerprint density at radius 1 is 1.37 bits per heavy atom. The number of pyridine rings is 1. The van der Waals surface area contributed by atoms with Crippen LogP contribution in [0.1, 0.15) is 45.1 Å². The van der Waals surface area contributed by atoms with E-state index in [2.05, 4.69) is 43.2 Å². The molecule has 0 amide bonds. The molecule has 1 fully saturated rings. The van der Waals surface area contributed by atoms with Crippen LogP contribution in [0.25, 0.3) is 0 Å². The minimum Gasteiger partial charge on any atom is -0.378 e. The molecule has 1 N–H and O–H groups in total. The van der Waals surface area contributed by atoms with Crippen LogP contribution in [0.5, 0.6) is 0 Å². The molecule has 106 valence electrons. The molecule has 2 rings (SSSR count). The average molecular weight is 262 g/mol. The highest BCUT2D eigenvalue weighted by molar-refractivity contribution is 5.18. The quantitative estimate of drug-likeness (QED) is 0.856. The van der Waals surface area contributed by atoms with Crippen molar-refractivity contribution in [1.82, 2.24) is 10.3 Å². The molecule has 4 unspecified atom stereocenters. The van der Waals surface area contributed by atoms with Gasteiger partial charge in [0.15, 0.2) is 0 Å². The first-order valence-electron chi connectivity index (χ1n) is 7.52. The summed E-state index contributed by atoms with van der Waals surface area (Å²) in [6.45, 7) is 8.64. The number of nitrogens with one attached hydrogen (secondary N) is 1. The topological polar surface area (TPSA) is 34.2 Å². The Kier molecular flexibility index (Phi) is 5.34. The lowest BCUT2D eigenvalue weighted by Gasteiger charge is -2.33. The summed E-state index contributed by atoms with van der Waals surface area (Å²) in [6.07, 6.45) is 6.46. The van der Waals surface area contributed by atoms with Crippen LogP contribution in [0.15, 0.2) is 24.5 Å². The predicted molar refractivity (Wildman–Crippen MR) is 78.3 cm³/mol. The van der Waals surface area contributed by atoms with Gasteiger partial charge in [-0.2, -0.15) is 0 Å². The molecule has 0 saturated carbocycles. The standard InChI is InChI=1S/C16H26N2O/c1-4-15-14(8-11-19-15)16(18-5-2)12(3)13-6-9-17-10-7-13/h6-7,9-10,12,14-16,18H,4-5,8,11H2,1-3H3. The van der Waals surface area contributed by atoms with E-state index in [1.165, 1.54) is 12.0 Å². The summed E-state index contributed by atoms with van der Waals surface area (Å²) in [6, 6.07) is 4.75. The van der Waals surface area contributed by atoms with Gasteiger partial charge >= 0.3 is 0 Å². The average Bonchev–Trinajstić information content (AvgIpc) is 2.93. The molecule has 3 heteroatoms. The van der Waals surface area contributed by atoms with Crippen LogP contribution in [-0.4, -0.2) is 30.3 Å². The van der Waals surface area contributed by atoms with Crippen molar-refractivity contribution in [3.8, 4) is 0 Å². The van der Waals surface area contributed by atoms with Gasteiger partial charge in [-0.25, -0.2) is 0 Å². The molecule has 4 atom stereocenters. The number of nitrogens with zero attached hydrogens (tertiary/aromatic N) is 1. The Bertz CT molecular complexity index is 368. The number of ether oxygens (including phenoxy) is 1. The van der Waals surface area contributed by atoms with Crippen molar-refractivity contribution in [3.05, 3.63) is 30.1 Å². The molecule has 1 aromatic rings. The van der Waals surface area contributed by atoms with Gasteiger partial charge in [-0.1, -0.05) is 20.8 Å². The smallest absolute Gasteiger partial charge is 0.0616 e. The lowest BCUT2D eigenvalue weighted by molar-refractivity contribution is 0.0749. The highest BCUT2D eigenvalue weighted by atomic mass is 16.5. The SMILES string of the molecule is CCNC(C(C)c1ccncc1)C1CCOC1CC. The molecule has 1 aliphatic heterocycles. The van der Waals surface area contributed by atoms with Gasteiger partial charge in [-0.15, -0.1) is 0 Å². The summed E-state index contributed by atoms with van der Waals surface area (Å²) < 4.78 is 5.88. The molecule has 0 spiro atoms. The monoisotopic (exact) mass is 262 g/mol. The summed E-state index contributed by atoms with van der Waals surface area (Å²) in [5.41, 5.74) is 1.36. The minimum atomic E-state index is 0.410. The normalized spacial score (nSPS) is 26.3. The molecule has 19 heavy (non-hydrogen) atoms. The van der Waals surface area contributed by atoms with Gasteiger partial charge in [0.2, 0.25) is 0 Å². The fourth-order valence-corrected chi connectivity index (χ4v) is 3.31. The third-order valence-electron chi connectivity index (χ3n) is 4.33. The molecule has 0 aliphatic carbocycles. The maximum atomic E-state index is 5.88. The lowest BCUT2D eigenvalue weighted by atomic mass is 9.81. The fourth-order valence-electron chi connectivity index (χ4n) is 3.31. The first-order chi connectivity index (χ1) is 9.27. The van der Waals surface area contributed by atoms with Crippen molar-refractivity contribution in [3.63, 3.8) is 0 Å². The van der Waals surface area contributed by atoms with Gasteiger partial charge in [-0.3, -0.25) is 4.98 Å². The first kappa shape index (κ1) is 14.5. The molecule has 1 aliphatic rings. The van der Waals surface area contributed by atoms with E-state index < -0.39 is 0 Å². The van der Waals surface area contributed by atoms with Crippen LogP contribution >= 0.6 is 0 Å². The highest BCUT2D eigenvalue weighted by Gasteiger charge is 2.36. The molecular weight excluding hydrogens is 236 g/mol. The van der Waals surface area contributed by atoms with Gasteiger partial charge in [0.1, 0.15) is 0 Å². The van der Waals surface area contributed by atoms with E-state index in [-0.39, 0.29) is 0 Å². The van der Waals surface area contributed by atoms with Crippen LogP contribution < -0.4 is 5.32 Å². The van der Waals surface area contributed by atoms with Crippen LogP contribution in [0.2, 0.25) is 0 Å². The lowest BCUT2D eigenvalue weighted by Crippen LogP contribution is -2.43. The number of likely N-dealkylation sites (N-methyl/N-ethyl adjacent to an activating group) is 1. The maximum absolute atomic E-state index is 5.88. The van der Waals surface area contributed by atoms with Gasteiger partial charge in [0.25, 0.3) is 0 Å². The Labute approximate surface area is 116 Å². The number of rotatable bonds is 6. The third-order valence-corrected chi connectivity index (χ3v) is 4.33. The van der Waals surface area contributed by atoms with Crippen LogP contribution in [0.3, 0.4) is 0 Å². The molecule has 1 saturated heterocycles. The Morgan fingerprint density at radius 3 is 2.74 bits per heavy atom. The minimum absolute atomic E-state index is 0.410. The van der Waals surface area contributed by atoms with E-state index in [4.69, 9.17) is 4.74 Å². The second-order valence-corrected chi connectivity index (χ2v) is 5.42. The second kappa shape index (κ2) is 7.01. The van der Waals surface area contributed by atoms with Crippen molar-refractivity contribution >= 4 is 0 Å². The van der Waals surface area contributed by atoms with Gasteiger partial charge in [0.05, 0.1) is 6.10 Å². The summed E-state index contributed by atoms with van der Waals surface area (Å²) >= 11 is 0. The maximum Gasteiger partial charge on any atom is 0.0616 e. The zero-order valence-corrected chi connectivity index (χ0v) is 12.3. The van der Waals surface area contributed by atoms with E-state index in [1.807, 2.05) is 12.4 Å². The Hall–Kier alpha value is -0.930. The summed E-state index contributed by atoms with van der Waals surface area (Å²) in [5, 5.41) is 3.69. The number of hydrogen-bond acceptors (Lipinski definition) is 3. The van der Waals surface area contributed by atoms with Crippen molar-refractivity contribution in [2.24, 2.45) is 5.92 Å². The largest absolute Gasteiger partial charge is 0.378 e. The number of hydrogen-bond donors (Lipinski definition) is 1. The summed E-state index contributed by atoms with van der Waals surface area (Å²) in [5.74, 6) is 1.11. The van der Waals surface area contributed by atoms with Crippen LogP contribution in [0.4, 0.5) is 0 Å². The molecule has 0 radical (unpaired) electrons. The number of aromatic nitrogens is 1. The summed E-state index contributed by atoms with van der Waals surface area (Å²) in [4.78, 5) is 4.12. The Morgan fingerprint density at radius 2 is 2.11 bits per heavy atom. The summed E-state index contributed by atoms with van der Waals surface area (Å²) in [7, 11) is 0. The first-order valence-corrected chi connectivity index (χ1v) is 7.52. The van der Waals surface area contributed by atoms with E-state index in [0.717, 1.165) is 19.6 Å². The molecule has 2 heterocycles. The van der Waals surface area contributed by atoms with Crippen LogP contribution in [0, 0.1) is 5.92 Å². The predicted octanol–water partition coefficient (Wildman–Crippen LogP) is 2.98. The van der Waals surface area contributed by atoms with E-state index >= 15 is 0 Å². The van der Waals surface area contributed by atoms with Gasteiger partial charge in [-0.05, 0) is 43.0 Å². The van der Waals surface area contributed by atoms with E-state index in [0.29, 0.717) is 24.0 Å². The van der Waals surface area contributed by atoms with E-state index in [9.17, 15) is 0 Å². The second-order valence-electron chi connectivity index (χ2n) is 5.42. The zero-order valence-electron chi connectivity index (χ0n) is 12.3. The molecule has 1 aromatic heterocycles. The zero-order chi connectivity index (χ0) is 13.7. The Balaban J connectivity index is 2.15. The highest BCUT2D eigenvalue weighted by Crippen LogP contribution is 2.33. The molecule has 3 nitrogen and oxygen atoms in total. The molecule has 0 bridgehead atoms. The fraction of sp³-hybridized carbons (Fsp3) is 0.688. The van der Waals surface area contributed by atoms with Gasteiger partial charge < -0.3 is 10.1 Å². The van der Waals surface area contributed by atoms with Crippen LogP contribution in [-0.2, 0) is 4.74 Å². The van der Waals surface area contributed by atoms with Crippen molar-refractivity contribution in [2.75, 3.05) is 13.2 Å². The van der Waals surface area contributed by atoms with Gasteiger partial charge in [0, 0.05) is 31.0 Å². The third kappa shape index (κ3) is 3.34. The molecular formula is C16H26N2O.